The zero-order valence-corrected chi connectivity index (χ0v) is 9.60. The van der Waals surface area contributed by atoms with Crippen molar-refractivity contribution in [1.82, 2.24) is 9.97 Å². The first-order chi connectivity index (χ1) is 7.20. The molecule has 0 aliphatic rings. The SMILES string of the molecule is CC/C=C(\C)c1nc2ccc(Cl)cc2[nH]1. The van der Waals surface area contributed by atoms with Crippen LogP contribution < -0.4 is 0 Å². The van der Waals surface area contributed by atoms with Crippen molar-refractivity contribution in [2.24, 2.45) is 0 Å². The van der Waals surface area contributed by atoms with Gasteiger partial charge in [-0.25, -0.2) is 4.98 Å². The molecule has 0 saturated carbocycles. The number of nitrogens with zero attached hydrogens (tertiary/aromatic N) is 1. The van der Waals surface area contributed by atoms with Crippen LogP contribution in [0.4, 0.5) is 0 Å². The molecule has 3 heteroatoms. The van der Waals surface area contributed by atoms with Gasteiger partial charge >= 0.3 is 0 Å². The summed E-state index contributed by atoms with van der Waals surface area (Å²) in [5, 5.41) is 0.731. The number of aromatic nitrogens is 2. The van der Waals surface area contributed by atoms with Gasteiger partial charge in [0.25, 0.3) is 0 Å². The summed E-state index contributed by atoms with van der Waals surface area (Å²) in [6, 6.07) is 5.68. The summed E-state index contributed by atoms with van der Waals surface area (Å²) in [5.74, 6) is 0.925. The molecule has 0 spiro atoms. The number of allylic oxidation sites excluding steroid dienone is 2. The largest absolute Gasteiger partial charge is 0.338 e. The molecule has 0 saturated heterocycles. The molecule has 0 unspecified atom stereocenters. The van der Waals surface area contributed by atoms with E-state index in [0.717, 1.165) is 28.3 Å². The van der Waals surface area contributed by atoms with Crippen molar-refractivity contribution in [3.05, 3.63) is 35.1 Å². The Labute approximate surface area is 94.0 Å². The molecule has 15 heavy (non-hydrogen) atoms. The molecule has 1 aromatic heterocycles. The quantitative estimate of drug-likeness (QED) is 0.814. The average Bonchev–Trinajstić information content (AvgIpc) is 2.60. The minimum absolute atomic E-state index is 0.731. The lowest BCUT2D eigenvalue weighted by molar-refractivity contribution is 1.19. The minimum atomic E-state index is 0.731. The van der Waals surface area contributed by atoms with E-state index in [1.807, 2.05) is 18.2 Å². The number of fused-ring (bicyclic) bond motifs is 1. The van der Waals surface area contributed by atoms with Crippen molar-refractivity contribution in [2.75, 3.05) is 0 Å². The summed E-state index contributed by atoms with van der Waals surface area (Å²) in [6.45, 7) is 4.17. The van der Waals surface area contributed by atoms with Crippen molar-refractivity contribution >= 4 is 28.2 Å². The maximum absolute atomic E-state index is 5.91. The Balaban J connectivity index is 2.52. The van der Waals surface area contributed by atoms with Crippen molar-refractivity contribution in [2.45, 2.75) is 20.3 Å². The van der Waals surface area contributed by atoms with Gasteiger partial charge in [-0.05, 0) is 37.1 Å². The second-order valence-corrected chi connectivity index (χ2v) is 3.98. The molecule has 1 aromatic carbocycles. The van der Waals surface area contributed by atoms with Gasteiger partial charge < -0.3 is 4.98 Å². The summed E-state index contributed by atoms with van der Waals surface area (Å²) < 4.78 is 0. The van der Waals surface area contributed by atoms with Crippen molar-refractivity contribution < 1.29 is 0 Å². The number of H-pyrrole nitrogens is 1. The molecule has 0 bridgehead atoms. The van der Waals surface area contributed by atoms with Gasteiger partial charge in [0.15, 0.2) is 0 Å². The second-order valence-electron chi connectivity index (χ2n) is 3.54. The van der Waals surface area contributed by atoms with Crippen LogP contribution in [0.25, 0.3) is 16.6 Å². The third kappa shape index (κ3) is 2.05. The smallest absolute Gasteiger partial charge is 0.133 e. The molecule has 2 aromatic rings. The maximum Gasteiger partial charge on any atom is 0.133 e. The van der Waals surface area contributed by atoms with Gasteiger partial charge in [-0.3, -0.25) is 0 Å². The van der Waals surface area contributed by atoms with Crippen LogP contribution in [0.15, 0.2) is 24.3 Å². The number of benzene rings is 1. The number of imidazole rings is 1. The predicted octanol–water partition coefficient (Wildman–Crippen LogP) is 4.03. The fraction of sp³-hybridized carbons (Fsp3) is 0.250. The first-order valence-corrected chi connectivity index (χ1v) is 5.41. The van der Waals surface area contributed by atoms with Gasteiger partial charge in [0.2, 0.25) is 0 Å². The van der Waals surface area contributed by atoms with E-state index in [9.17, 15) is 0 Å². The summed E-state index contributed by atoms with van der Waals surface area (Å²) in [7, 11) is 0. The number of rotatable bonds is 2. The van der Waals surface area contributed by atoms with Crippen LogP contribution >= 0.6 is 11.6 Å². The zero-order chi connectivity index (χ0) is 10.8. The van der Waals surface area contributed by atoms with Crippen molar-refractivity contribution in [3.8, 4) is 0 Å². The standard InChI is InChI=1S/C12H13ClN2/c1-3-4-8(2)12-14-10-6-5-9(13)7-11(10)15-12/h4-7H,3H2,1-2H3,(H,14,15)/b8-4+. The van der Waals surface area contributed by atoms with E-state index in [4.69, 9.17) is 11.6 Å². The van der Waals surface area contributed by atoms with Gasteiger partial charge in [0, 0.05) is 5.02 Å². The highest BCUT2D eigenvalue weighted by molar-refractivity contribution is 6.31. The summed E-state index contributed by atoms with van der Waals surface area (Å²) in [6.07, 6.45) is 3.17. The van der Waals surface area contributed by atoms with E-state index >= 15 is 0 Å². The summed E-state index contributed by atoms with van der Waals surface area (Å²) in [5.41, 5.74) is 3.12. The van der Waals surface area contributed by atoms with Gasteiger partial charge in [0.05, 0.1) is 11.0 Å². The molecule has 78 valence electrons. The first-order valence-electron chi connectivity index (χ1n) is 5.03. The molecular weight excluding hydrogens is 208 g/mol. The molecular formula is C12H13ClN2. The van der Waals surface area contributed by atoms with Gasteiger partial charge in [-0.1, -0.05) is 24.6 Å². The van der Waals surface area contributed by atoms with E-state index in [1.54, 1.807) is 0 Å². The Morgan fingerprint density at radius 2 is 2.33 bits per heavy atom. The van der Waals surface area contributed by atoms with E-state index in [1.165, 1.54) is 5.57 Å². The van der Waals surface area contributed by atoms with Crippen molar-refractivity contribution in [1.29, 1.82) is 0 Å². The van der Waals surface area contributed by atoms with Crippen LogP contribution in [0.1, 0.15) is 26.1 Å². The molecule has 0 aliphatic heterocycles. The molecule has 0 aliphatic carbocycles. The van der Waals surface area contributed by atoms with E-state index in [-0.39, 0.29) is 0 Å². The molecule has 0 atom stereocenters. The Morgan fingerprint density at radius 1 is 1.53 bits per heavy atom. The van der Waals surface area contributed by atoms with Gasteiger partial charge in [0.1, 0.15) is 5.82 Å². The molecule has 1 heterocycles. The van der Waals surface area contributed by atoms with Crippen LogP contribution in [-0.2, 0) is 0 Å². The highest BCUT2D eigenvalue weighted by Crippen LogP contribution is 2.20. The number of hydrogen-bond donors (Lipinski definition) is 1. The fourth-order valence-corrected chi connectivity index (χ4v) is 1.74. The Bertz CT molecular complexity index is 511. The Hall–Kier alpha value is -1.28. The first kappa shape index (κ1) is 10.2. The molecule has 2 nitrogen and oxygen atoms in total. The topological polar surface area (TPSA) is 28.7 Å². The predicted molar refractivity (Wildman–Crippen MR) is 65.0 cm³/mol. The van der Waals surface area contributed by atoms with E-state index in [0.29, 0.717) is 0 Å². The average molecular weight is 221 g/mol. The third-order valence-corrected chi connectivity index (χ3v) is 2.56. The second kappa shape index (κ2) is 4.07. The number of nitrogens with one attached hydrogen (secondary N) is 1. The monoisotopic (exact) mass is 220 g/mol. The van der Waals surface area contributed by atoms with Crippen LogP contribution in [0.3, 0.4) is 0 Å². The van der Waals surface area contributed by atoms with E-state index < -0.39 is 0 Å². The lowest BCUT2D eigenvalue weighted by Crippen LogP contribution is -1.81. The Morgan fingerprint density at radius 3 is 3.07 bits per heavy atom. The number of halogens is 1. The maximum atomic E-state index is 5.91. The normalized spacial score (nSPS) is 12.3. The fourth-order valence-electron chi connectivity index (χ4n) is 1.57. The molecule has 0 fully saturated rings. The molecule has 0 radical (unpaired) electrons. The van der Waals surface area contributed by atoms with Crippen LogP contribution in [-0.4, -0.2) is 9.97 Å². The van der Waals surface area contributed by atoms with Crippen LogP contribution in [0.2, 0.25) is 5.02 Å². The van der Waals surface area contributed by atoms with Crippen LogP contribution in [0.5, 0.6) is 0 Å². The molecule has 2 rings (SSSR count). The summed E-state index contributed by atoms with van der Waals surface area (Å²) in [4.78, 5) is 7.75. The zero-order valence-electron chi connectivity index (χ0n) is 8.84. The van der Waals surface area contributed by atoms with Crippen LogP contribution in [0, 0.1) is 0 Å². The molecule has 1 N–H and O–H groups in total. The van der Waals surface area contributed by atoms with Gasteiger partial charge in [-0.15, -0.1) is 0 Å². The van der Waals surface area contributed by atoms with Gasteiger partial charge in [-0.2, -0.15) is 0 Å². The highest BCUT2D eigenvalue weighted by atomic mass is 35.5. The highest BCUT2D eigenvalue weighted by Gasteiger charge is 2.03. The number of hydrogen-bond acceptors (Lipinski definition) is 1. The third-order valence-electron chi connectivity index (χ3n) is 2.33. The number of aromatic amines is 1. The minimum Gasteiger partial charge on any atom is -0.338 e. The molecule has 0 amide bonds. The lowest BCUT2D eigenvalue weighted by Gasteiger charge is -1.92. The van der Waals surface area contributed by atoms with E-state index in [2.05, 4.69) is 29.9 Å². The lowest BCUT2D eigenvalue weighted by atomic mass is 10.2. The summed E-state index contributed by atoms with van der Waals surface area (Å²) >= 11 is 5.91. The van der Waals surface area contributed by atoms with Crippen molar-refractivity contribution in [3.63, 3.8) is 0 Å². The Kier molecular flexibility index (Phi) is 2.78.